The van der Waals surface area contributed by atoms with Crippen molar-refractivity contribution in [3.63, 3.8) is 0 Å². The van der Waals surface area contributed by atoms with Crippen molar-refractivity contribution < 1.29 is 4.79 Å². The first-order chi connectivity index (χ1) is 11.1. The Morgan fingerprint density at radius 1 is 1.22 bits per heavy atom. The zero-order chi connectivity index (χ0) is 16.2. The maximum absolute atomic E-state index is 12.0. The standard InChI is InChI=1S/C16H12Cl2N2OS2/c17-10-5-6-12(11(18)7-10)19-15(21)8-22-9-16-20-13-3-1-2-4-14(13)23-16/h1-7H,8-9H2,(H,19,21). The van der Waals surface area contributed by atoms with E-state index >= 15 is 0 Å². The molecule has 1 N–H and O–H groups in total. The van der Waals surface area contributed by atoms with Gasteiger partial charge in [0.25, 0.3) is 0 Å². The Balaban J connectivity index is 1.52. The number of fused-ring (bicyclic) bond motifs is 1. The highest BCUT2D eigenvalue weighted by Gasteiger charge is 2.08. The van der Waals surface area contributed by atoms with Gasteiger partial charge in [-0.2, -0.15) is 0 Å². The van der Waals surface area contributed by atoms with Crippen molar-refractivity contribution >= 4 is 68.1 Å². The second-order valence-electron chi connectivity index (χ2n) is 4.74. The van der Waals surface area contributed by atoms with E-state index in [1.165, 1.54) is 16.5 Å². The van der Waals surface area contributed by atoms with Gasteiger partial charge in [0.05, 0.1) is 26.7 Å². The van der Waals surface area contributed by atoms with Gasteiger partial charge in [-0.25, -0.2) is 4.98 Å². The van der Waals surface area contributed by atoms with E-state index in [9.17, 15) is 4.79 Å². The van der Waals surface area contributed by atoms with Crippen molar-refractivity contribution in [3.05, 3.63) is 57.5 Å². The number of amides is 1. The highest BCUT2D eigenvalue weighted by atomic mass is 35.5. The minimum atomic E-state index is -0.0969. The molecule has 1 heterocycles. The molecule has 2 aromatic carbocycles. The Morgan fingerprint density at radius 3 is 2.83 bits per heavy atom. The zero-order valence-electron chi connectivity index (χ0n) is 11.9. The molecule has 0 radical (unpaired) electrons. The maximum atomic E-state index is 12.0. The van der Waals surface area contributed by atoms with E-state index < -0.39 is 0 Å². The molecule has 0 atom stereocenters. The van der Waals surface area contributed by atoms with E-state index in [2.05, 4.69) is 16.4 Å². The average molecular weight is 383 g/mol. The van der Waals surface area contributed by atoms with Crippen LogP contribution in [0.3, 0.4) is 0 Å². The Bertz CT molecular complexity index is 818. The van der Waals surface area contributed by atoms with Crippen LogP contribution in [0.2, 0.25) is 10.0 Å². The van der Waals surface area contributed by atoms with Gasteiger partial charge in [-0.15, -0.1) is 23.1 Å². The second kappa shape index (κ2) is 7.53. The Morgan fingerprint density at radius 2 is 2.04 bits per heavy atom. The number of thioether (sulfide) groups is 1. The quantitative estimate of drug-likeness (QED) is 0.635. The van der Waals surface area contributed by atoms with E-state index in [1.54, 1.807) is 29.5 Å². The molecule has 0 aliphatic carbocycles. The summed E-state index contributed by atoms with van der Waals surface area (Å²) in [5.41, 5.74) is 1.58. The first kappa shape index (κ1) is 16.6. The van der Waals surface area contributed by atoms with Crippen molar-refractivity contribution in [1.82, 2.24) is 4.98 Å². The number of carbonyl (C=O) groups is 1. The fourth-order valence-electron chi connectivity index (χ4n) is 1.99. The predicted molar refractivity (Wildman–Crippen MR) is 101 cm³/mol. The molecule has 0 saturated carbocycles. The van der Waals surface area contributed by atoms with Crippen LogP contribution < -0.4 is 5.32 Å². The Kier molecular flexibility index (Phi) is 5.43. The molecule has 7 heteroatoms. The lowest BCUT2D eigenvalue weighted by atomic mass is 10.3. The van der Waals surface area contributed by atoms with E-state index in [1.807, 2.05) is 18.2 Å². The topological polar surface area (TPSA) is 42.0 Å². The van der Waals surface area contributed by atoms with Gasteiger partial charge in [0.2, 0.25) is 5.91 Å². The third kappa shape index (κ3) is 4.38. The van der Waals surface area contributed by atoms with Crippen molar-refractivity contribution in [2.24, 2.45) is 0 Å². The summed E-state index contributed by atoms with van der Waals surface area (Å²) in [5, 5.41) is 4.78. The summed E-state index contributed by atoms with van der Waals surface area (Å²) in [7, 11) is 0. The molecule has 0 bridgehead atoms. The van der Waals surface area contributed by atoms with E-state index in [4.69, 9.17) is 23.2 Å². The molecule has 3 aromatic rings. The van der Waals surface area contributed by atoms with Crippen LogP contribution in [0.25, 0.3) is 10.2 Å². The normalized spacial score (nSPS) is 10.9. The molecule has 1 aromatic heterocycles. The van der Waals surface area contributed by atoms with Crippen LogP contribution in [0, 0.1) is 0 Å². The van der Waals surface area contributed by atoms with Gasteiger partial charge in [0.15, 0.2) is 0 Å². The van der Waals surface area contributed by atoms with Gasteiger partial charge in [-0.05, 0) is 30.3 Å². The molecule has 0 aliphatic heterocycles. The van der Waals surface area contributed by atoms with Crippen LogP contribution in [0.15, 0.2) is 42.5 Å². The summed E-state index contributed by atoms with van der Waals surface area (Å²) in [6.07, 6.45) is 0. The molecule has 23 heavy (non-hydrogen) atoms. The first-order valence-corrected chi connectivity index (χ1v) is 9.51. The fourth-order valence-corrected chi connectivity index (χ4v) is 4.29. The van der Waals surface area contributed by atoms with Crippen LogP contribution >= 0.6 is 46.3 Å². The molecule has 118 valence electrons. The number of hydrogen-bond donors (Lipinski definition) is 1. The number of hydrogen-bond acceptors (Lipinski definition) is 4. The number of nitrogens with one attached hydrogen (secondary N) is 1. The first-order valence-electron chi connectivity index (χ1n) is 6.79. The predicted octanol–water partition coefficient (Wildman–Crippen LogP) is 5.48. The van der Waals surface area contributed by atoms with Crippen molar-refractivity contribution in [3.8, 4) is 0 Å². The van der Waals surface area contributed by atoms with Crippen molar-refractivity contribution in [2.75, 3.05) is 11.1 Å². The Labute approximate surface area is 152 Å². The monoisotopic (exact) mass is 382 g/mol. The molecular weight excluding hydrogens is 371 g/mol. The van der Waals surface area contributed by atoms with E-state index in [0.717, 1.165) is 10.5 Å². The summed E-state index contributed by atoms with van der Waals surface area (Å²) in [4.78, 5) is 16.5. The number of benzene rings is 2. The minimum Gasteiger partial charge on any atom is -0.324 e. The molecule has 0 saturated heterocycles. The number of aromatic nitrogens is 1. The number of carbonyl (C=O) groups excluding carboxylic acids is 1. The highest BCUT2D eigenvalue weighted by molar-refractivity contribution is 7.99. The van der Waals surface area contributed by atoms with Gasteiger partial charge < -0.3 is 5.32 Å². The molecule has 0 unspecified atom stereocenters. The van der Waals surface area contributed by atoms with E-state index in [-0.39, 0.29) is 5.91 Å². The number of para-hydroxylation sites is 1. The third-order valence-corrected chi connectivity index (χ3v) is 5.71. The van der Waals surface area contributed by atoms with Gasteiger partial charge >= 0.3 is 0 Å². The summed E-state index contributed by atoms with van der Waals surface area (Å²) >= 11 is 15.0. The Hall–Kier alpha value is -1.27. The smallest absolute Gasteiger partial charge is 0.234 e. The average Bonchev–Trinajstić information content (AvgIpc) is 2.93. The number of rotatable bonds is 5. The van der Waals surface area contributed by atoms with Gasteiger partial charge in [-0.1, -0.05) is 35.3 Å². The molecule has 3 nitrogen and oxygen atoms in total. The zero-order valence-corrected chi connectivity index (χ0v) is 15.0. The van der Waals surface area contributed by atoms with Gasteiger partial charge in [0, 0.05) is 10.8 Å². The lowest BCUT2D eigenvalue weighted by Crippen LogP contribution is -2.14. The lowest BCUT2D eigenvalue weighted by Gasteiger charge is -2.07. The number of thiazole rings is 1. The number of anilines is 1. The van der Waals surface area contributed by atoms with Crippen molar-refractivity contribution in [2.45, 2.75) is 5.75 Å². The van der Waals surface area contributed by atoms with Crippen LogP contribution in [-0.2, 0) is 10.5 Å². The summed E-state index contributed by atoms with van der Waals surface area (Å²) < 4.78 is 1.17. The molecular formula is C16H12Cl2N2OS2. The summed E-state index contributed by atoms with van der Waals surface area (Å²) in [5.74, 6) is 0.955. The van der Waals surface area contributed by atoms with Gasteiger partial charge in [0.1, 0.15) is 5.01 Å². The van der Waals surface area contributed by atoms with Crippen LogP contribution in [0.4, 0.5) is 5.69 Å². The number of halogens is 2. The fraction of sp³-hybridized carbons (Fsp3) is 0.125. The minimum absolute atomic E-state index is 0.0969. The molecule has 0 fully saturated rings. The summed E-state index contributed by atoms with van der Waals surface area (Å²) in [6.45, 7) is 0. The molecule has 0 aliphatic rings. The third-order valence-electron chi connectivity index (χ3n) is 3.00. The number of nitrogens with zero attached hydrogens (tertiary/aromatic N) is 1. The molecule has 0 spiro atoms. The van der Waals surface area contributed by atoms with Crippen LogP contribution in [0.5, 0.6) is 0 Å². The maximum Gasteiger partial charge on any atom is 0.234 e. The molecule has 3 rings (SSSR count). The summed E-state index contributed by atoms with van der Waals surface area (Å²) in [6, 6.07) is 13.0. The van der Waals surface area contributed by atoms with Gasteiger partial charge in [-0.3, -0.25) is 4.79 Å². The largest absolute Gasteiger partial charge is 0.324 e. The lowest BCUT2D eigenvalue weighted by molar-refractivity contribution is -0.113. The second-order valence-corrected chi connectivity index (χ2v) is 7.68. The highest BCUT2D eigenvalue weighted by Crippen LogP contribution is 2.27. The molecule has 1 amide bonds. The van der Waals surface area contributed by atoms with Crippen LogP contribution in [0.1, 0.15) is 5.01 Å². The SMILES string of the molecule is O=C(CSCc1nc2ccccc2s1)Nc1ccc(Cl)cc1Cl. The van der Waals surface area contributed by atoms with Crippen molar-refractivity contribution in [1.29, 1.82) is 0 Å². The van der Waals surface area contributed by atoms with E-state index in [0.29, 0.717) is 27.2 Å². The van der Waals surface area contributed by atoms with Crippen LogP contribution in [-0.4, -0.2) is 16.6 Å².